The van der Waals surface area contributed by atoms with Crippen molar-refractivity contribution in [2.75, 3.05) is 7.11 Å². The smallest absolute Gasteiger partial charge is 0.118 e. The van der Waals surface area contributed by atoms with E-state index >= 15 is 0 Å². The number of hydrogen-bond donors (Lipinski definition) is 0. The zero-order valence-electron chi connectivity index (χ0n) is 10.6. The van der Waals surface area contributed by atoms with Gasteiger partial charge in [-0.25, -0.2) is 0 Å². The lowest BCUT2D eigenvalue weighted by Crippen LogP contribution is -1.82. The van der Waals surface area contributed by atoms with E-state index in [1.54, 1.807) is 7.11 Å². The maximum atomic E-state index is 5.84. The molecule has 2 aromatic carbocycles. The highest BCUT2D eigenvalue weighted by Gasteiger charge is 1.95. The van der Waals surface area contributed by atoms with Gasteiger partial charge in [0.15, 0.2) is 0 Å². The molecule has 0 aliphatic heterocycles. The second kappa shape index (κ2) is 6.13. The maximum absolute atomic E-state index is 5.84. The second-order valence-electron chi connectivity index (χ2n) is 3.96. The number of allylic oxidation sites excluding steroid dienone is 1. The van der Waals surface area contributed by atoms with Crippen molar-refractivity contribution in [3.8, 4) is 17.6 Å². The molecular formula is C17H13ClO. The number of methoxy groups -OCH3 is 1. The van der Waals surface area contributed by atoms with Gasteiger partial charge in [-0.15, -0.1) is 0 Å². The molecule has 0 aromatic heterocycles. The highest BCUT2D eigenvalue weighted by atomic mass is 35.5. The van der Waals surface area contributed by atoms with E-state index in [-0.39, 0.29) is 0 Å². The minimum absolute atomic E-state index is 0.708. The zero-order valence-corrected chi connectivity index (χ0v) is 11.4. The first kappa shape index (κ1) is 13.3. The fraction of sp³-hybridized carbons (Fsp3) is 0.0588. The van der Waals surface area contributed by atoms with E-state index in [4.69, 9.17) is 16.3 Å². The van der Waals surface area contributed by atoms with Gasteiger partial charge < -0.3 is 4.74 Å². The van der Waals surface area contributed by atoms with Gasteiger partial charge >= 0.3 is 0 Å². The predicted molar refractivity (Wildman–Crippen MR) is 80.4 cm³/mol. The molecule has 0 fully saturated rings. The van der Waals surface area contributed by atoms with Gasteiger partial charge in [-0.3, -0.25) is 0 Å². The Kier molecular flexibility index (Phi) is 4.28. The van der Waals surface area contributed by atoms with Gasteiger partial charge in [-0.2, -0.15) is 0 Å². The summed E-state index contributed by atoms with van der Waals surface area (Å²) in [6.45, 7) is 3.96. The number of ether oxygens (including phenoxy) is 1. The Labute approximate surface area is 118 Å². The maximum Gasteiger partial charge on any atom is 0.118 e. The first-order chi connectivity index (χ1) is 9.19. The first-order valence-corrected chi connectivity index (χ1v) is 6.18. The Bertz CT molecular complexity index is 628. The zero-order chi connectivity index (χ0) is 13.7. The summed E-state index contributed by atoms with van der Waals surface area (Å²) in [6.07, 6.45) is 0. The molecule has 0 heterocycles. The molecule has 94 valence electrons. The van der Waals surface area contributed by atoms with Crippen LogP contribution in [0.15, 0.2) is 55.1 Å². The van der Waals surface area contributed by atoms with Crippen molar-refractivity contribution in [3.05, 3.63) is 71.3 Å². The highest BCUT2D eigenvalue weighted by Crippen LogP contribution is 2.16. The summed E-state index contributed by atoms with van der Waals surface area (Å²) in [5.74, 6) is 6.94. The summed E-state index contributed by atoms with van der Waals surface area (Å²) >= 11 is 5.84. The van der Waals surface area contributed by atoms with Gasteiger partial charge in [0.2, 0.25) is 0 Å². The third kappa shape index (κ3) is 3.64. The largest absolute Gasteiger partial charge is 0.497 e. The van der Waals surface area contributed by atoms with Gasteiger partial charge in [0.05, 0.1) is 7.11 Å². The molecule has 0 N–H and O–H groups in total. The standard InChI is InChI=1S/C17H13ClO/c1-13(15-7-9-16(18)10-8-15)3-4-14-5-11-17(19-2)12-6-14/h5-12H,1H2,2H3. The van der Waals surface area contributed by atoms with Crippen molar-refractivity contribution in [1.29, 1.82) is 0 Å². The molecule has 0 amide bonds. The first-order valence-electron chi connectivity index (χ1n) is 5.80. The lowest BCUT2D eigenvalue weighted by atomic mass is 10.1. The minimum Gasteiger partial charge on any atom is -0.497 e. The van der Waals surface area contributed by atoms with Crippen molar-refractivity contribution in [2.24, 2.45) is 0 Å². The van der Waals surface area contributed by atoms with Crippen molar-refractivity contribution in [1.82, 2.24) is 0 Å². The van der Waals surface area contributed by atoms with Crippen molar-refractivity contribution in [2.45, 2.75) is 0 Å². The summed E-state index contributed by atoms with van der Waals surface area (Å²) in [5, 5.41) is 0.708. The summed E-state index contributed by atoms with van der Waals surface area (Å²) in [5.41, 5.74) is 2.67. The van der Waals surface area contributed by atoms with Crippen LogP contribution in [-0.4, -0.2) is 7.11 Å². The van der Waals surface area contributed by atoms with Crippen LogP contribution < -0.4 is 4.74 Å². The molecule has 0 radical (unpaired) electrons. The molecule has 0 saturated carbocycles. The topological polar surface area (TPSA) is 9.23 Å². The van der Waals surface area contributed by atoms with Crippen LogP contribution in [0.4, 0.5) is 0 Å². The van der Waals surface area contributed by atoms with E-state index in [1.165, 1.54) is 0 Å². The van der Waals surface area contributed by atoms with Crippen LogP contribution in [0, 0.1) is 11.8 Å². The molecule has 0 aliphatic rings. The normalized spacial score (nSPS) is 9.37. The molecule has 2 heteroatoms. The summed E-state index contributed by atoms with van der Waals surface area (Å²) in [7, 11) is 1.64. The molecule has 19 heavy (non-hydrogen) atoms. The fourth-order valence-electron chi connectivity index (χ4n) is 1.55. The van der Waals surface area contributed by atoms with Crippen LogP contribution >= 0.6 is 11.6 Å². The highest BCUT2D eigenvalue weighted by molar-refractivity contribution is 6.30. The number of rotatable bonds is 2. The van der Waals surface area contributed by atoms with Crippen molar-refractivity contribution in [3.63, 3.8) is 0 Å². The fourth-order valence-corrected chi connectivity index (χ4v) is 1.67. The summed E-state index contributed by atoms with van der Waals surface area (Å²) in [4.78, 5) is 0. The van der Waals surface area contributed by atoms with E-state index in [1.807, 2.05) is 48.5 Å². The third-order valence-electron chi connectivity index (χ3n) is 2.64. The van der Waals surface area contributed by atoms with E-state index < -0.39 is 0 Å². The predicted octanol–water partition coefficient (Wildman–Crippen LogP) is 4.41. The SMILES string of the molecule is C=C(C#Cc1ccc(OC)cc1)c1ccc(Cl)cc1. The Hall–Kier alpha value is -2.17. The van der Waals surface area contributed by atoms with Gasteiger partial charge in [0, 0.05) is 16.2 Å². The number of halogens is 1. The van der Waals surface area contributed by atoms with Gasteiger partial charge in [0.1, 0.15) is 5.75 Å². The van der Waals surface area contributed by atoms with E-state index in [0.717, 1.165) is 22.4 Å². The minimum atomic E-state index is 0.708. The molecule has 0 spiro atoms. The Morgan fingerprint density at radius 2 is 1.68 bits per heavy atom. The van der Waals surface area contributed by atoms with Crippen LogP contribution in [0.1, 0.15) is 11.1 Å². The monoisotopic (exact) mass is 268 g/mol. The van der Waals surface area contributed by atoms with Crippen LogP contribution in [0.5, 0.6) is 5.75 Å². The van der Waals surface area contributed by atoms with Gasteiger partial charge in [0.25, 0.3) is 0 Å². The molecule has 1 nitrogen and oxygen atoms in total. The van der Waals surface area contributed by atoms with Crippen LogP contribution in [-0.2, 0) is 0 Å². The summed E-state index contributed by atoms with van der Waals surface area (Å²) < 4.78 is 5.10. The average Bonchev–Trinajstić information content (AvgIpc) is 2.46. The molecule has 0 unspecified atom stereocenters. The van der Waals surface area contributed by atoms with Crippen LogP contribution in [0.25, 0.3) is 5.57 Å². The average molecular weight is 269 g/mol. The Morgan fingerprint density at radius 1 is 1.05 bits per heavy atom. The van der Waals surface area contributed by atoms with Crippen molar-refractivity contribution < 1.29 is 4.74 Å². The van der Waals surface area contributed by atoms with Gasteiger partial charge in [-0.05, 0) is 42.0 Å². The lowest BCUT2D eigenvalue weighted by Gasteiger charge is -1.99. The van der Waals surface area contributed by atoms with Crippen LogP contribution in [0.2, 0.25) is 5.02 Å². The summed E-state index contributed by atoms with van der Waals surface area (Å²) in [6, 6.07) is 15.1. The lowest BCUT2D eigenvalue weighted by molar-refractivity contribution is 0.415. The number of hydrogen-bond acceptors (Lipinski definition) is 1. The van der Waals surface area contributed by atoms with E-state index in [9.17, 15) is 0 Å². The Morgan fingerprint density at radius 3 is 2.26 bits per heavy atom. The molecule has 2 rings (SSSR count). The molecule has 2 aromatic rings. The molecular weight excluding hydrogens is 256 g/mol. The molecule has 0 atom stereocenters. The molecule has 0 bridgehead atoms. The number of benzene rings is 2. The second-order valence-corrected chi connectivity index (χ2v) is 4.40. The quantitative estimate of drug-likeness (QED) is 0.733. The molecule has 0 aliphatic carbocycles. The van der Waals surface area contributed by atoms with E-state index in [2.05, 4.69) is 18.4 Å². The van der Waals surface area contributed by atoms with Gasteiger partial charge in [-0.1, -0.05) is 42.2 Å². The molecule has 0 saturated heterocycles. The van der Waals surface area contributed by atoms with Crippen molar-refractivity contribution >= 4 is 17.2 Å². The third-order valence-corrected chi connectivity index (χ3v) is 2.89. The Balaban J connectivity index is 2.14. The van der Waals surface area contributed by atoms with Crippen LogP contribution in [0.3, 0.4) is 0 Å². The van der Waals surface area contributed by atoms with E-state index in [0.29, 0.717) is 5.02 Å².